The van der Waals surface area contributed by atoms with Crippen LogP contribution in [0.5, 0.6) is 0 Å². The summed E-state index contributed by atoms with van der Waals surface area (Å²) in [6.07, 6.45) is 35.1. The molecule has 0 saturated heterocycles. The zero-order chi connectivity index (χ0) is 25.8. The highest BCUT2D eigenvalue weighted by atomic mass is 16.5. The molecule has 0 aromatic heterocycles. The van der Waals surface area contributed by atoms with Crippen molar-refractivity contribution in [2.24, 2.45) is 5.92 Å². The quantitative estimate of drug-likeness (QED) is 0.0647. The summed E-state index contributed by atoms with van der Waals surface area (Å²) < 4.78 is 4.67. The fourth-order valence-electron chi connectivity index (χ4n) is 4.89. The van der Waals surface area contributed by atoms with Gasteiger partial charge in [0.1, 0.15) is 0 Å². The van der Waals surface area contributed by atoms with Gasteiger partial charge in [0.15, 0.2) is 0 Å². The summed E-state index contributed by atoms with van der Waals surface area (Å²) >= 11 is 0. The first-order valence-electron chi connectivity index (χ1n) is 15.5. The Kier molecular flexibility index (Phi) is 27.1. The van der Waals surface area contributed by atoms with Gasteiger partial charge in [-0.25, -0.2) is 0 Å². The lowest BCUT2D eigenvalue weighted by atomic mass is 9.91. The highest BCUT2D eigenvalue weighted by Crippen LogP contribution is 2.22. The maximum Gasteiger partial charge on any atom is 0.305 e. The Labute approximate surface area is 220 Å². The highest BCUT2D eigenvalue weighted by Gasteiger charge is 2.09. The van der Waals surface area contributed by atoms with Crippen LogP contribution in [-0.2, 0) is 9.53 Å². The first-order valence-corrected chi connectivity index (χ1v) is 15.5. The van der Waals surface area contributed by atoms with Crippen molar-refractivity contribution >= 4 is 5.97 Å². The van der Waals surface area contributed by atoms with Crippen LogP contribution in [0.25, 0.3) is 0 Å². The Hall–Kier alpha value is -0.830. The SMILES string of the molecule is CCCCCCCCCC(CCCCCCCCC/C=C\CCCCCC(=O)OC)CCN(C)C. The van der Waals surface area contributed by atoms with Gasteiger partial charge >= 0.3 is 5.97 Å². The predicted octanol–water partition coefficient (Wildman–Crippen LogP) is 9.89. The van der Waals surface area contributed by atoms with E-state index in [4.69, 9.17) is 0 Å². The summed E-state index contributed by atoms with van der Waals surface area (Å²) in [4.78, 5) is 13.4. The summed E-state index contributed by atoms with van der Waals surface area (Å²) in [6.45, 7) is 3.56. The third-order valence-corrected chi connectivity index (χ3v) is 7.33. The Morgan fingerprint density at radius 3 is 1.60 bits per heavy atom. The van der Waals surface area contributed by atoms with Crippen molar-refractivity contribution in [3.05, 3.63) is 12.2 Å². The van der Waals surface area contributed by atoms with Crippen LogP contribution in [0.2, 0.25) is 0 Å². The normalized spacial score (nSPS) is 12.6. The van der Waals surface area contributed by atoms with Gasteiger partial charge in [-0.15, -0.1) is 0 Å². The van der Waals surface area contributed by atoms with Gasteiger partial charge in [-0.3, -0.25) is 4.79 Å². The standard InChI is InChI=1S/C32H63NO2/c1-5-6-7-8-17-20-23-26-31(29-30-33(2)3)27-24-21-18-15-13-11-9-10-12-14-16-19-22-25-28-32(34)35-4/h12,14,31H,5-11,13,15-30H2,1-4H3/b14-12-. The number of rotatable bonds is 27. The molecule has 35 heavy (non-hydrogen) atoms. The first-order chi connectivity index (χ1) is 17.1. The van der Waals surface area contributed by atoms with Crippen LogP contribution in [0.1, 0.15) is 155 Å². The minimum atomic E-state index is -0.0801. The molecule has 0 aromatic carbocycles. The fourth-order valence-corrected chi connectivity index (χ4v) is 4.89. The Balaban J connectivity index is 3.58. The summed E-state index contributed by atoms with van der Waals surface area (Å²) in [5, 5.41) is 0. The van der Waals surface area contributed by atoms with E-state index in [0.29, 0.717) is 6.42 Å². The highest BCUT2D eigenvalue weighted by molar-refractivity contribution is 5.68. The second-order valence-corrected chi connectivity index (χ2v) is 11.1. The molecular formula is C32H63NO2. The number of nitrogens with zero attached hydrogens (tertiary/aromatic N) is 1. The molecule has 3 heteroatoms. The Morgan fingerprint density at radius 1 is 0.657 bits per heavy atom. The van der Waals surface area contributed by atoms with Crippen LogP contribution in [0.15, 0.2) is 12.2 Å². The minimum absolute atomic E-state index is 0.0801. The molecule has 0 rings (SSSR count). The largest absolute Gasteiger partial charge is 0.469 e. The van der Waals surface area contributed by atoms with Crippen LogP contribution in [0.3, 0.4) is 0 Å². The van der Waals surface area contributed by atoms with E-state index in [1.165, 1.54) is 136 Å². The zero-order valence-electron chi connectivity index (χ0n) is 24.5. The van der Waals surface area contributed by atoms with E-state index in [1.807, 2.05) is 0 Å². The molecular weight excluding hydrogens is 430 g/mol. The van der Waals surface area contributed by atoms with Gasteiger partial charge in [-0.1, -0.05) is 122 Å². The molecule has 0 heterocycles. The molecule has 0 radical (unpaired) electrons. The Morgan fingerprint density at radius 2 is 1.11 bits per heavy atom. The van der Waals surface area contributed by atoms with Crippen LogP contribution in [0, 0.1) is 5.92 Å². The topological polar surface area (TPSA) is 29.5 Å². The summed E-state index contributed by atoms with van der Waals surface area (Å²) in [5.41, 5.74) is 0. The van der Waals surface area contributed by atoms with Crippen LogP contribution < -0.4 is 0 Å². The van der Waals surface area contributed by atoms with Gasteiger partial charge in [0.2, 0.25) is 0 Å². The van der Waals surface area contributed by atoms with E-state index in [1.54, 1.807) is 0 Å². The average molecular weight is 494 g/mol. The predicted molar refractivity (Wildman–Crippen MR) is 155 cm³/mol. The molecule has 0 spiro atoms. The number of hydrogen-bond acceptors (Lipinski definition) is 3. The van der Waals surface area contributed by atoms with Crippen LogP contribution >= 0.6 is 0 Å². The smallest absolute Gasteiger partial charge is 0.305 e. The lowest BCUT2D eigenvalue weighted by Crippen LogP contribution is -2.17. The zero-order valence-corrected chi connectivity index (χ0v) is 24.5. The number of carbonyl (C=O) groups excluding carboxylic acids is 1. The lowest BCUT2D eigenvalue weighted by molar-refractivity contribution is -0.140. The number of allylic oxidation sites excluding steroid dienone is 2. The molecule has 0 amide bonds. The third kappa shape index (κ3) is 27.6. The minimum Gasteiger partial charge on any atom is -0.469 e. The molecule has 0 saturated carbocycles. The number of hydrogen-bond donors (Lipinski definition) is 0. The van der Waals surface area contributed by atoms with E-state index < -0.39 is 0 Å². The molecule has 0 aliphatic heterocycles. The maximum atomic E-state index is 11.1. The summed E-state index contributed by atoms with van der Waals surface area (Å²) in [5.74, 6) is 0.872. The summed E-state index contributed by atoms with van der Waals surface area (Å²) in [7, 11) is 5.90. The van der Waals surface area contributed by atoms with Gasteiger partial charge in [0.25, 0.3) is 0 Å². The number of ether oxygens (including phenoxy) is 1. The van der Waals surface area contributed by atoms with Gasteiger partial charge in [-0.2, -0.15) is 0 Å². The molecule has 0 aromatic rings. The number of carbonyl (C=O) groups is 1. The van der Waals surface area contributed by atoms with Gasteiger partial charge in [0, 0.05) is 6.42 Å². The number of methoxy groups -OCH3 is 1. The van der Waals surface area contributed by atoms with Crippen molar-refractivity contribution in [1.29, 1.82) is 0 Å². The van der Waals surface area contributed by atoms with Crippen molar-refractivity contribution in [3.63, 3.8) is 0 Å². The van der Waals surface area contributed by atoms with Crippen molar-refractivity contribution in [2.45, 2.75) is 155 Å². The average Bonchev–Trinajstić information content (AvgIpc) is 2.85. The second-order valence-electron chi connectivity index (χ2n) is 11.1. The van der Waals surface area contributed by atoms with Crippen molar-refractivity contribution in [3.8, 4) is 0 Å². The number of esters is 1. The van der Waals surface area contributed by atoms with Gasteiger partial charge < -0.3 is 9.64 Å². The van der Waals surface area contributed by atoms with Crippen molar-refractivity contribution < 1.29 is 9.53 Å². The molecule has 0 N–H and O–H groups in total. The van der Waals surface area contributed by atoms with Gasteiger partial charge in [0.05, 0.1) is 7.11 Å². The van der Waals surface area contributed by atoms with E-state index in [9.17, 15) is 4.79 Å². The molecule has 0 bridgehead atoms. The lowest BCUT2D eigenvalue weighted by Gasteiger charge is -2.19. The van der Waals surface area contributed by atoms with E-state index in [0.717, 1.165) is 25.2 Å². The molecule has 1 atom stereocenters. The van der Waals surface area contributed by atoms with E-state index in [2.05, 4.69) is 42.8 Å². The number of unbranched alkanes of at least 4 members (excludes halogenated alkanes) is 16. The molecule has 1 unspecified atom stereocenters. The molecule has 0 aliphatic carbocycles. The van der Waals surface area contributed by atoms with Crippen molar-refractivity contribution in [1.82, 2.24) is 4.90 Å². The maximum absolute atomic E-state index is 11.1. The van der Waals surface area contributed by atoms with Crippen LogP contribution in [-0.4, -0.2) is 38.6 Å². The Bertz CT molecular complexity index is 460. The van der Waals surface area contributed by atoms with E-state index in [-0.39, 0.29) is 5.97 Å². The van der Waals surface area contributed by atoms with Gasteiger partial charge in [-0.05, 0) is 65.1 Å². The first kappa shape index (κ1) is 34.2. The van der Waals surface area contributed by atoms with E-state index >= 15 is 0 Å². The summed E-state index contributed by atoms with van der Waals surface area (Å²) in [6, 6.07) is 0. The monoisotopic (exact) mass is 493 g/mol. The van der Waals surface area contributed by atoms with Crippen LogP contribution in [0.4, 0.5) is 0 Å². The molecule has 0 aliphatic rings. The third-order valence-electron chi connectivity index (χ3n) is 7.33. The second kappa shape index (κ2) is 27.8. The fraction of sp³-hybridized carbons (Fsp3) is 0.906. The van der Waals surface area contributed by atoms with Crippen molar-refractivity contribution in [2.75, 3.05) is 27.7 Å². The molecule has 3 nitrogen and oxygen atoms in total. The molecule has 0 fully saturated rings. The molecule has 208 valence electrons.